The van der Waals surface area contributed by atoms with Crippen LogP contribution >= 0.6 is 0 Å². The maximum absolute atomic E-state index is 13.4. The van der Waals surface area contributed by atoms with E-state index in [2.05, 4.69) is 25.4 Å². The molecule has 1 fully saturated rings. The first-order chi connectivity index (χ1) is 14.1. The van der Waals surface area contributed by atoms with Crippen LogP contribution in [0.4, 0.5) is 4.39 Å². The van der Waals surface area contributed by atoms with Gasteiger partial charge in [-0.2, -0.15) is 5.10 Å². The summed E-state index contributed by atoms with van der Waals surface area (Å²) < 4.78 is 14.8. The third-order valence-corrected chi connectivity index (χ3v) is 5.10. The lowest BCUT2D eigenvalue weighted by molar-refractivity contribution is -0.122. The van der Waals surface area contributed by atoms with Crippen LogP contribution in [0.15, 0.2) is 47.8 Å². The van der Waals surface area contributed by atoms with Crippen LogP contribution in [0.5, 0.6) is 0 Å². The lowest BCUT2D eigenvalue weighted by Crippen LogP contribution is -2.33. The maximum atomic E-state index is 13.4. The van der Waals surface area contributed by atoms with Gasteiger partial charge in [0.2, 0.25) is 5.91 Å². The Morgan fingerprint density at radius 2 is 2.10 bits per heavy atom. The van der Waals surface area contributed by atoms with Crippen molar-refractivity contribution in [2.75, 3.05) is 0 Å². The summed E-state index contributed by atoms with van der Waals surface area (Å²) in [5.41, 5.74) is 1.11. The number of hydrogen-bond acceptors (Lipinski definition) is 5. The molecule has 9 heteroatoms. The number of aromatic nitrogens is 5. The topological polar surface area (TPSA) is 106 Å². The third-order valence-electron chi connectivity index (χ3n) is 5.10. The Balaban J connectivity index is 1.56. The summed E-state index contributed by atoms with van der Waals surface area (Å²) >= 11 is 0. The van der Waals surface area contributed by atoms with Gasteiger partial charge in [-0.1, -0.05) is 18.6 Å². The molecule has 3 aromatic rings. The summed E-state index contributed by atoms with van der Waals surface area (Å²) in [6.07, 6.45) is 6.29. The molecule has 0 radical (unpaired) electrons. The van der Waals surface area contributed by atoms with Gasteiger partial charge < -0.3 is 10.3 Å². The molecule has 1 unspecified atom stereocenters. The molecule has 150 valence electrons. The van der Waals surface area contributed by atoms with Crippen LogP contribution in [-0.2, 0) is 17.8 Å². The van der Waals surface area contributed by atoms with Crippen LogP contribution in [0.25, 0.3) is 0 Å². The summed E-state index contributed by atoms with van der Waals surface area (Å²) in [4.78, 5) is 35.8. The summed E-state index contributed by atoms with van der Waals surface area (Å²) in [5, 5.41) is 6.86. The maximum Gasteiger partial charge on any atom is 0.251 e. The number of H-pyrrole nitrogens is 1. The number of carbonyl (C=O) groups is 1. The second-order valence-corrected chi connectivity index (χ2v) is 7.22. The largest absolute Gasteiger partial charge is 0.347 e. The first-order valence-electron chi connectivity index (χ1n) is 9.54. The molecule has 1 saturated carbocycles. The molecule has 8 nitrogen and oxygen atoms in total. The lowest BCUT2D eigenvalue weighted by atomic mass is 9.85. The molecule has 2 N–H and O–H groups in total. The molecule has 1 aromatic carbocycles. The predicted octanol–water partition coefficient (Wildman–Crippen LogP) is 1.87. The van der Waals surface area contributed by atoms with Crippen molar-refractivity contribution in [2.45, 2.75) is 44.2 Å². The van der Waals surface area contributed by atoms with Crippen molar-refractivity contribution in [1.29, 1.82) is 0 Å². The fourth-order valence-corrected chi connectivity index (χ4v) is 3.37. The second kappa shape index (κ2) is 8.34. The first-order valence-corrected chi connectivity index (χ1v) is 9.54. The van der Waals surface area contributed by atoms with Crippen LogP contribution in [0, 0.1) is 5.82 Å². The van der Waals surface area contributed by atoms with Crippen molar-refractivity contribution in [3.63, 3.8) is 0 Å². The van der Waals surface area contributed by atoms with E-state index in [-0.39, 0.29) is 29.7 Å². The van der Waals surface area contributed by atoms with Crippen LogP contribution < -0.4 is 10.9 Å². The van der Waals surface area contributed by atoms with Gasteiger partial charge in [0.1, 0.15) is 30.8 Å². The highest BCUT2D eigenvalue weighted by molar-refractivity contribution is 5.76. The Kier molecular flexibility index (Phi) is 5.46. The molecule has 29 heavy (non-hydrogen) atoms. The van der Waals surface area contributed by atoms with Crippen LogP contribution in [0.3, 0.4) is 0 Å². The first kappa shape index (κ1) is 19.0. The summed E-state index contributed by atoms with van der Waals surface area (Å²) in [7, 11) is 0. The van der Waals surface area contributed by atoms with Crippen molar-refractivity contribution < 1.29 is 9.18 Å². The van der Waals surface area contributed by atoms with Crippen LogP contribution in [0.2, 0.25) is 0 Å². The molecule has 2 heterocycles. The van der Waals surface area contributed by atoms with Crippen molar-refractivity contribution >= 4 is 5.91 Å². The number of hydrogen-bond donors (Lipinski definition) is 2. The Morgan fingerprint density at radius 1 is 1.31 bits per heavy atom. The van der Waals surface area contributed by atoms with Gasteiger partial charge in [0.05, 0.1) is 11.7 Å². The van der Waals surface area contributed by atoms with E-state index in [4.69, 9.17) is 0 Å². The van der Waals surface area contributed by atoms with Gasteiger partial charge in [-0.3, -0.25) is 9.59 Å². The zero-order valence-electron chi connectivity index (χ0n) is 15.7. The zero-order valence-corrected chi connectivity index (χ0v) is 15.7. The van der Waals surface area contributed by atoms with Gasteiger partial charge in [0.15, 0.2) is 0 Å². The number of aromatic amines is 1. The SMILES string of the molecule is O=C(Cn1cncn1)NC(Cc1cc(=O)[nH]c(C2CCC2)n1)c1ccc(F)cc1. The third kappa shape index (κ3) is 4.74. The number of amides is 1. The highest BCUT2D eigenvalue weighted by Crippen LogP contribution is 2.34. The molecule has 1 aliphatic carbocycles. The Bertz CT molecular complexity index is 1030. The molecule has 2 aromatic heterocycles. The fourth-order valence-electron chi connectivity index (χ4n) is 3.37. The predicted molar refractivity (Wildman–Crippen MR) is 102 cm³/mol. The standard InChI is InChI=1S/C20H21FN6O2/c21-15-6-4-13(5-7-15)17(25-19(29)10-27-12-22-11-23-27)8-16-9-18(28)26-20(24-16)14-2-1-3-14/h4-7,9,11-12,14,17H,1-3,8,10H2,(H,25,29)(H,24,26,28). The molecule has 4 rings (SSSR count). The van der Waals surface area contributed by atoms with Crippen molar-refractivity contribution in [3.8, 4) is 0 Å². The average Bonchev–Trinajstić information content (AvgIpc) is 3.13. The minimum Gasteiger partial charge on any atom is -0.347 e. The monoisotopic (exact) mass is 396 g/mol. The number of rotatable bonds is 7. The van der Waals surface area contributed by atoms with Crippen molar-refractivity contribution in [1.82, 2.24) is 30.0 Å². The van der Waals surface area contributed by atoms with Gasteiger partial charge in [0.25, 0.3) is 5.56 Å². The minimum absolute atomic E-state index is 0.00776. The number of carbonyl (C=O) groups excluding carboxylic acids is 1. The van der Waals surface area contributed by atoms with E-state index >= 15 is 0 Å². The molecule has 0 aliphatic heterocycles. The number of nitrogens with one attached hydrogen (secondary N) is 2. The van der Waals surface area contributed by atoms with E-state index in [1.54, 1.807) is 12.1 Å². The molecule has 1 atom stereocenters. The quantitative estimate of drug-likeness (QED) is 0.634. The highest BCUT2D eigenvalue weighted by Gasteiger charge is 2.23. The summed E-state index contributed by atoms with van der Waals surface area (Å²) in [6.45, 7) is 0.00776. The second-order valence-electron chi connectivity index (χ2n) is 7.22. The molecule has 1 amide bonds. The van der Waals surface area contributed by atoms with E-state index in [0.29, 0.717) is 17.9 Å². The van der Waals surface area contributed by atoms with E-state index in [1.165, 1.54) is 35.5 Å². The zero-order chi connectivity index (χ0) is 20.2. The lowest BCUT2D eigenvalue weighted by Gasteiger charge is -2.25. The number of benzene rings is 1. The Labute approximate surface area is 166 Å². The average molecular weight is 396 g/mol. The molecular weight excluding hydrogens is 375 g/mol. The highest BCUT2D eigenvalue weighted by atomic mass is 19.1. The number of nitrogens with zero attached hydrogens (tertiary/aromatic N) is 4. The van der Waals surface area contributed by atoms with Gasteiger partial charge in [-0.15, -0.1) is 0 Å². The summed E-state index contributed by atoms with van der Waals surface area (Å²) in [5.74, 6) is 0.358. The Hall–Kier alpha value is -3.36. The van der Waals surface area contributed by atoms with Gasteiger partial charge in [-0.05, 0) is 30.5 Å². The smallest absolute Gasteiger partial charge is 0.251 e. The van der Waals surface area contributed by atoms with Gasteiger partial charge in [0, 0.05) is 18.4 Å². The molecule has 0 bridgehead atoms. The summed E-state index contributed by atoms with van der Waals surface area (Å²) in [6, 6.07) is 6.91. The fraction of sp³-hybridized carbons (Fsp3) is 0.350. The van der Waals surface area contributed by atoms with Crippen LogP contribution in [0.1, 0.15) is 48.3 Å². The molecule has 0 saturated heterocycles. The van der Waals surface area contributed by atoms with E-state index in [1.807, 2.05) is 0 Å². The molecular formula is C20H21FN6O2. The van der Waals surface area contributed by atoms with Crippen molar-refractivity contribution in [2.24, 2.45) is 0 Å². The van der Waals surface area contributed by atoms with Gasteiger partial charge >= 0.3 is 0 Å². The van der Waals surface area contributed by atoms with Crippen molar-refractivity contribution in [3.05, 3.63) is 76.2 Å². The minimum atomic E-state index is -0.463. The normalized spacial score (nSPS) is 14.9. The van der Waals surface area contributed by atoms with Crippen LogP contribution in [-0.4, -0.2) is 30.6 Å². The Morgan fingerprint density at radius 3 is 2.76 bits per heavy atom. The molecule has 0 spiro atoms. The molecule has 1 aliphatic rings. The number of halogens is 1. The van der Waals surface area contributed by atoms with E-state index < -0.39 is 6.04 Å². The van der Waals surface area contributed by atoms with E-state index in [9.17, 15) is 14.0 Å². The van der Waals surface area contributed by atoms with Gasteiger partial charge in [-0.25, -0.2) is 19.0 Å². The van der Waals surface area contributed by atoms with E-state index in [0.717, 1.165) is 24.8 Å².